The molecule has 100 valence electrons. The number of hydrogen-bond acceptors (Lipinski definition) is 4. The maximum atomic E-state index is 6.03. The molecule has 20 heavy (non-hydrogen) atoms. The Kier molecular flexibility index (Phi) is 2.69. The summed E-state index contributed by atoms with van der Waals surface area (Å²) in [6.45, 7) is 0. The number of thioether (sulfide) groups is 1. The number of rotatable bonds is 1. The number of aromatic nitrogens is 1. The van der Waals surface area contributed by atoms with Crippen molar-refractivity contribution in [3.8, 4) is 0 Å². The van der Waals surface area contributed by atoms with E-state index in [-0.39, 0.29) is 5.92 Å². The number of benzene rings is 2. The summed E-state index contributed by atoms with van der Waals surface area (Å²) in [6.07, 6.45) is 0. The van der Waals surface area contributed by atoms with E-state index < -0.39 is 0 Å². The Labute approximate surface area is 125 Å². The van der Waals surface area contributed by atoms with Crippen LogP contribution in [-0.2, 0) is 0 Å². The third kappa shape index (κ3) is 1.79. The first-order valence-electron chi connectivity index (χ1n) is 6.29. The molecule has 0 saturated heterocycles. The third-order valence-corrected chi connectivity index (χ3v) is 5.03. The molecule has 0 fully saturated rings. The van der Waals surface area contributed by atoms with Gasteiger partial charge in [0.2, 0.25) is 5.89 Å². The van der Waals surface area contributed by atoms with Crippen LogP contribution in [0.2, 0.25) is 5.02 Å². The number of fused-ring (bicyclic) bond motifs is 2. The lowest BCUT2D eigenvalue weighted by molar-refractivity contribution is 0.515. The van der Waals surface area contributed by atoms with Gasteiger partial charge in [0.05, 0.1) is 16.6 Å². The molecule has 3 aromatic rings. The van der Waals surface area contributed by atoms with Gasteiger partial charge in [0.15, 0.2) is 5.58 Å². The Morgan fingerprint density at radius 2 is 2.15 bits per heavy atom. The predicted octanol–water partition coefficient (Wildman–Crippen LogP) is 4.30. The number of nitrogens with zero attached hydrogens (tertiary/aromatic N) is 1. The van der Waals surface area contributed by atoms with E-state index in [0.717, 1.165) is 17.2 Å². The average Bonchev–Trinajstić information content (AvgIpc) is 3.02. The van der Waals surface area contributed by atoms with E-state index in [9.17, 15) is 0 Å². The van der Waals surface area contributed by atoms with Gasteiger partial charge in [-0.2, -0.15) is 0 Å². The normalized spacial score (nSPS) is 17.6. The molecule has 1 atom stereocenters. The molecule has 3 nitrogen and oxygen atoms in total. The van der Waals surface area contributed by atoms with Gasteiger partial charge < -0.3 is 10.2 Å². The van der Waals surface area contributed by atoms with Crippen LogP contribution in [0.15, 0.2) is 45.7 Å². The van der Waals surface area contributed by atoms with Crippen molar-refractivity contribution in [2.75, 3.05) is 11.5 Å². The summed E-state index contributed by atoms with van der Waals surface area (Å²) < 4.78 is 5.88. The molecule has 0 spiro atoms. The Bertz CT molecular complexity index is 776. The van der Waals surface area contributed by atoms with E-state index in [1.165, 1.54) is 10.5 Å². The molecule has 1 aromatic heterocycles. The molecule has 4 rings (SSSR count). The van der Waals surface area contributed by atoms with E-state index in [1.807, 2.05) is 11.8 Å². The standard InChI is InChI=1S/C15H11ClN2OS/c16-10-5-12-13(6-11(10)17)19-15(18-12)9-7-20-14-4-2-1-3-8(9)14/h1-6,9H,7,17H2. The van der Waals surface area contributed by atoms with Crippen molar-refractivity contribution >= 4 is 40.1 Å². The van der Waals surface area contributed by atoms with E-state index in [4.69, 9.17) is 21.8 Å². The smallest absolute Gasteiger partial charge is 0.203 e. The highest BCUT2D eigenvalue weighted by atomic mass is 35.5. The van der Waals surface area contributed by atoms with Gasteiger partial charge in [0.1, 0.15) is 5.52 Å². The van der Waals surface area contributed by atoms with Gasteiger partial charge in [-0.05, 0) is 17.7 Å². The largest absolute Gasteiger partial charge is 0.440 e. The maximum absolute atomic E-state index is 6.03. The van der Waals surface area contributed by atoms with E-state index in [2.05, 4.69) is 29.2 Å². The van der Waals surface area contributed by atoms with Gasteiger partial charge in [0, 0.05) is 16.7 Å². The lowest BCUT2D eigenvalue weighted by atomic mass is 10.0. The summed E-state index contributed by atoms with van der Waals surface area (Å²) in [5, 5.41) is 0.513. The van der Waals surface area contributed by atoms with Crippen molar-refractivity contribution < 1.29 is 4.42 Å². The van der Waals surface area contributed by atoms with E-state index >= 15 is 0 Å². The van der Waals surface area contributed by atoms with Crippen LogP contribution < -0.4 is 5.73 Å². The summed E-state index contributed by atoms with van der Waals surface area (Å²) in [5.74, 6) is 1.89. The number of halogens is 1. The topological polar surface area (TPSA) is 52.0 Å². The maximum Gasteiger partial charge on any atom is 0.203 e. The molecule has 0 radical (unpaired) electrons. The number of oxazole rings is 1. The Hall–Kier alpha value is -1.65. The minimum Gasteiger partial charge on any atom is -0.440 e. The summed E-state index contributed by atoms with van der Waals surface area (Å²) in [4.78, 5) is 5.88. The molecule has 5 heteroatoms. The first-order chi connectivity index (χ1) is 9.72. The van der Waals surface area contributed by atoms with Crippen LogP contribution >= 0.6 is 23.4 Å². The Morgan fingerprint density at radius 3 is 3.05 bits per heavy atom. The van der Waals surface area contributed by atoms with E-state index in [0.29, 0.717) is 16.3 Å². The van der Waals surface area contributed by atoms with Crippen molar-refractivity contribution in [2.24, 2.45) is 0 Å². The Balaban J connectivity index is 1.84. The van der Waals surface area contributed by atoms with Gasteiger partial charge >= 0.3 is 0 Å². The highest BCUT2D eigenvalue weighted by Crippen LogP contribution is 2.43. The van der Waals surface area contributed by atoms with Crippen molar-refractivity contribution in [3.63, 3.8) is 0 Å². The second-order valence-corrected chi connectivity index (χ2v) is 6.26. The summed E-state index contributed by atoms with van der Waals surface area (Å²) >= 11 is 7.86. The molecular weight excluding hydrogens is 292 g/mol. The first-order valence-corrected chi connectivity index (χ1v) is 7.66. The third-order valence-electron chi connectivity index (χ3n) is 3.52. The fourth-order valence-corrected chi connectivity index (χ4v) is 3.88. The minimum atomic E-state index is 0.198. The molecule has 2 N–H and O–H groups in total. The van der Waals surface area contributed by atoms with Gasteiger partial charge in [-0.25, -0.2) is 4.98 Å². The van der Waals surface area contributed by atoms with Crippen molar-refractivity contribution in [3.05, 3.63) is 52.9 Å². The highest BCUT2D eigenvalue weighted by Gasteiger charge is 2.28. The lowest BCUT2D eigenvalue weighted by Crippen LogP contribution is -1.99. The molecule has 2 aromatic carbocycles. The SMILES string of the molecule is Nc1cc2oc(C3CSc4ccccc43)nc2cc1Cl. The Morgan fingerprint density at radius 1 is 1.30 bits per heavy atom. The zero-order chi connectivity index (χ0) is 13.7. The van der Waals surface area contributed by atoms with Crippen LogP contribution in [-0.4, -0.2) is 10.7 Å². The zero-order valence-electron chi connectivity index (χ0n) is 10.5. The van der Waals surface area contributed by atoms with Crippen LogP contribution in [0.5, 0.6) is 0 Å². The van der Waals surface area contributed by atoms with Crippen LogP contribution in [0.25, 0.3) is 11.1 Å². The molecule has 0 aliphatic carbocycles. The first kappa shape index (κ1) is 12.1. The molecule has 1 aliphatic heterocycles. The van der Waals surface area contributed by atoms with Gasteiger partial charge in [-0.15, -0.1) is 11.8 Å². The molecule has 2 heterocycles. The summed E-state index contributed by atoms with van der Waals surface area (Å²) in [6, 6.07) is 11.9. The van der Waals surface area contributed by atoms with Crippen LogP contribution in [0.3, 0.4) is 0 Å². The minimum absolute atomic E-state index is 0.198. The van der Waals surface area contributed by atoms with Crippen LogP contribution in [0, 0.1) is 0 Å². The van der Waals surface area contributed by atoms with Gasteiger partial charge in [0.25, 0.3) is 0 Å². The molecule has 1 aliphatic rings. The molecule has 0 saturated carbocycles. The van der Waals surface area contributed by atoms with E-state index in [1.54, 1.807) is 12.1 Å². The quantitative estimate of drug-likeness (QED) is 0.681. The highest BCUT2D eigenvalue weighted by molar-refractivity contribution is 7.99. The average molecular weight is 303 g/mol. The van der Waals surface area contributed by atoms with Gasteiger partial charge in [-0.3, -0.25) is 0 Å². The number of anilines is 1. The second kappa shape index (κ2) is 4.43. The molecule has 1 unspecified atom stereocenters. The van der Waals surface area contributed by atoms with Crippen molar-refractivity contribution in [1.29, 1.82) is 0 Å². The van der Waals surface area contributed by atoms with Crippen molar-refractivity contribution in [2.45, 2.75) is 10.8 Å². The summed E-state index contributed by atoms with van der Waals surface area (Å²) in [7, 11) is 0. The fourth-order valence-electron chi connectivity index (χ4n) is 2.50. The summed E-state index contributed by atoms with van der Waals surface area (Å²) in [5.41, 5.74) is 9.05. The molecule has 0 bridgehead atoms. The van der Waals surface area contributed by atoms with Crippen molar-refractivity contribution in [1.82, 2.24) is 4.98 Å². The van der Waals surface area contributed by atoms with Gasteiger partial charge in [-0.1, -0.05) is 29.8 Å². The van der Waals surface area contributed by atoms with Crippen LogP contribution in [0.4, 0.5) is 5.69 Å². The predicted molar refractivity (Wildman–Crippen MR) is 82.4 cm³/mol. The number of nitrogens with two attached hydrogens (primary N) is 1. The molecule has 0 amide bonds. The van der Waals surface area contributed by atoms with Crippen LogP contribution in [0.1, 0.15) is 17.4 Å². The fraction of sp³-hybridized carbons (Fsp3) is 0.133. The molecular formula is C15H11ClN2OS. The number of nitrogen functional groups attached to an aromatic ring is 1. The lowest BCUT2D eigenvalue weighted by Gasteiger charge is -2.04. The zero-order valence-corrected chi connectivity index (χ0v) is 12.0. The second-order valence-electron chi connectivity index (χ2n) is 4.79. The number of hydrogen-bond donors (Lipinski definition) is 1. The monoisotopic (exact) mass is 302 g/mol.